The fourth-order valence-electron chi connectivity index (χ4n) is 8.06. The molecular formula is C44H53F3N10O4. The van der Waals surface area contributed by atoms with Gasteiger partial charge < -0.3 is 41.0 Å². The van der Waals surface area contributed by atoms with Gasteiger partial charge in [0.1, 0.15) is 58.1 Å². The van der Waals surface area contributed by atoms with Crippen LogP contribution in [-0.2, 0) is 12.0 Å². The van der Waals surface area contributed by atoms with Crippen molar-refractivity contribution in [2.45, 2.75) is 116 Å². The highest BCUT2D eigenvalue weighted by atomic mass is 19.4. The van der Waals surface area contributed by atoms with Crippen molar-refractivity contribution in [1.29, 1.82) is 10.5 Å². The molecule has 2 aliphatic carbocycles. The van der Waals surface area contributed by atoms with Gasteiger partial charge in [0.25, 0.3) is 0 Å². The minimum Gasteiger partial charge on any atom is -0.490 e. The first-order valence-corrected chi connectivity index (χ1v) is 20.4. The van der Waals surface area contributed by atoms with Crippen LogP contribution in [0.25, 0.3) is 0 Å². The number of hydrogen-bond acceptors (Lipinski definition) is 14. The van der Waals surface area contributed by atoms with Crippen molar-refractivity contribution in [3.63, 3.8) is 0 Å². The van der Waals surface area contributed by atoms with Gasteiger partial charge in [0.05, 0.1) is 25.0 Å². The van der Waals surface area contributed by atoms with Crippen LogP contribution in [-0.4, -0.2) is 73.9 Å². The summed E-state index contributed by atoms with van der Waals surface area (Å²) in [6.45, 7) is 10.3. The van der Waals surface area contributed by atoms with Crippen molar-refractivity contribution in [2.75, 3.05) is 34.4 Å². The first-order valence-electron chi connectivity index (χ1n) is 20.4. The van der Waals surface area contributed by atoms with Gasteiger partial charge in [-0.05, 0) is 86.6 Å². The second-order valence-corrected chi connectivity index (χ2v) is 17.5. The quantitative estimate of drug-likeness (QED) is 0.0680. The number of rotatable bonds is 15. The van der Waals surface area contributed by atoms with Gasteiger partial charge in [-0.15, -0.1) is 13.2 Å². The number of nitrogens with one attached hydrogen (secondary N) is 4. The Hall–Kier alpha value is -5.91. The lowest BCUT2D eigenvalue weighted by molar-refractivity contribution is -0.274. The van der Waals surface area contributed by atoms with Crippen LogP contribution in [0.3, 0.4) is 0 Å². The molecule has 2 saturated carbocycles. The zero-order valence-electron chi connectivity index (χ0n) is 35.0. The number of nitriles is 2. The Kier molecular flexibility index (Phi) is 13.4. The minimum absolute atomic E-state index is 0.0264. The molecule has 17 heteroatoms. The Morgan fingerprint density at radius 2 is 1.38 bits per heavy atom. The van der Waals surface area contributed by atoms with E-state index in [1.54, 1.807) is 19.1 Å². The number of benzene rings is 2. The molecule has 5 atom stereocenters. The third kappa shape index (κ3) is 11.7. The second kappa shape index (κ2) is 18.4. The average molecular weight is 843 g/mol. The predicted octanol–water partition coefficient (Wildman–Crippen LogP) is 7.67. The first-order chi connectivity index (χ1) is 28.8. The summed E-state index contributed by atoms with van der Waals surface area (Å²) in [4.78, 5) is 17.6. The zero-order chi connectivity index (χ0) is 44.0. The van der Waals surface area contributed by atoms with Crippen molar-refractivity contribution in [2.24, 2.45) is 10.8 Å². The van der Waals surface area contributed by atoms with Gasteiger partial charge in [-0.1, -0.05) is 58.0 Å². The average Bonchev–Trinajstić information content (AvgIpc) is 3.20. The van der Waals surface area contributed by atoms with E-state index in [1.807, 2.05) is 38.1 Å². The number of alkyl halides is 3. The highest BCUT2D eigenvalue weighted by molar-refractivity contribution is 5.55. The monoisotopic (exact) mass is 842 g/mol. The van der Waals surface area contributed by atoms with Crippen LogP contribution in [0.15, 0.2) is 60.9 Å². The van der Waals surface area contributed by atoms with Gasteiger partial charge >= 0.3 is 6.36 Å². The third-order valence-corrected chi connectivity index (χ3v) is 11.6. The van der Waals surface area contributed by atoms with E-state index in [-0.39, 0.29) is 77.8 Å². The molecule has 4 aromatic rings. The number of aromatic nitrogens is 4. The van der Waals surface area contributed by atoms with Crippen LogP contribution in [0, 0.1) is 33.5 Å². The highest BCUT2D eigenvalue weighted by Gasteiger charge is 2.39. The van der Waals surface area contributed by atoms with E-state index in [0.717, 1.165) is 19.3 Å². The lowest BCUT2D eigenvalue weighted by atomic mass is 9.72. The van der Waals surface area contributed by atoms with Gasteiger partial charge in [-0.3, -0.25) is 0 Å². The maximum Gasteiger partial charge on any atom is 0.573 e. The van der Waals surface area contributed by atoms with Gasteiger partial charge in [0.15, 0.2) is 0 Å². The number of nitrogens with zero attached hydrogens (tertiary/aromatic N) is 6. The van der Waals surface area contributed by atoms with Crippen molar-refractivity contribution < 1.29 is 32.9 Å². The number of aliphatic hydroxyl groups is 2. The van der Waals surface area contributed by atoms with Gasteiger partial charge in [-0.25, -0.2) is 9.97 Å². The third-order valence-electron chi connectivity index (χ3n) is 11.6. The van der Waals surface area contributed by atoms with Crippen molar-refractivity contribution in [3.8, 4) is 23.6 Å². The van der Waals surface area contributed by atoms with Crippen LogP contribution >= 0.6 is 0 Å². The fourth-order valence-corrected chi connectivity index (χ4v) is 8.06. The number of ether oxygens (including phenoxy) is 2. The molecule has 6 rings (SSSR count). The molecule has 2 heterocycles. The SMILES string of the molecule is CC(O)(CNc1ncc(C#N)c(N[C@@H]2CC[C@H](O)C(C)(C)C2)n1)c1ccc(O[C@H]2CC[C@@H](Nc3nc(NCCc4ccccc4OC(F)(F)F)ncc3C#N)CC2(C)C)cc1. The normalized spacial score (nSPS) is 21.8. The van der Waals surface area contributed by atoms with E-state index >= 15 is 0 Å². The Balaban J connectivity index is 1.01. The molecule has 14 nitrogen and oxygen atoms in total. The van der Waals surface area contributed by atoms with Crippen LogP contribution in [0.1, 0.15) is 95.4 Å². The van der Waals surface area contributed by atoms with Crippen LogP contribution < -0.4 is 30.7 Å². The molecule has 0 bridgehead atoms. The fraction of sp³-hybridized carbons (Fsp3) is 0.500. The molecule has 1 unspecified atom stereocenters. The maximum atomic E-state index is 12.9. The Labute approximate surface area is 354 Å². The Morgan fingerprint density at radius 3 is 1.95 bits per heavy atom. The van der Waals surface area contributed by atoms with Crippen LogP contribution in [0.5, 0.6) is 11.5 Å². The van der Waals surface area contributed by atoms with E-state index < -0.39 is 12.0 Å². The summed E-state index contributed by atoms with van der Waals surface area (Å²) in [5.41, 5.74) is -0.231. The molecule has 61 heavy (non-hydrogen) atoms. The second-order valence-electron chi connectivity index (χ2n) is 17.5. The summed E-state index contributed by atoms with van der Waals surface area (Å²) >= 11 is 0. The smallest absolute Gasteiger partial charge is 0.490 e. The molecule has 2 aromatic heterocycles. The predicted molar refractivity (Wildman–Crippen MR) is 224 cm³/mol. The number of aliphatic hydroxyl groups excluding tert-OH is 1. The summed E-state index contributed by atoms with van der Waals surface area (Å²) in [5.74, 6) is 1.67. The zero-order valence-corrected chi connectivity index (χ0v) is 35.0. The lowest BCUT2D eigenvalue weighted by Crippen LogP contribution is -2.44. The summed E-state index contributed by atoms with van der Waals surface area (Å²) in [6, 6.07) is 17.5. The summed E-state index contributed by atoms with van der Waals surface area (Å²) in [6.07, 6.45) is 2.07. The molecule has 324 valence electrons. The summed E-state index contributed by atoms with van der Waals surface area (Å²) in [5, 5.41) is 54.3. The molecule has 2 aliphatic rings. The van der Waals surface area contributed by atoms with E-state index in [2.05, 4.69) is 71.9 Å². The van der Waals surface area contributed by atoms with E-state index in [1.165, 1.54) is 24.5 Å². The molecule has 2 aromatic carbocycles. The number of hydrogen-bond donors (Lipinski definition) is 6. The Bertz CT molecular complexity index is 2220. The van der Waals surface area contributed by atoms with E-state index in [0.29, 0.717) is 53.3 Å². The molecule has 0 spiro atoms. The highest BCUT2D eigenvalue weighted by Crippen LogP contribution is 2.40. The van der Waals surface area contributed by atoms with Gasteiger partial charge in [0.2, 0.25) is 11.9 Å². The van der Waals surface area contributed by atoms with E-state index in [9.17, 15) is 33.9 Å². The van der Waals surface area contributed by atoms with Crippen molar-refractivity contribution in [1.82, 2.24) is 19.9 Å². The van der Waals surface area contributed by atoms with Crippen LogP contribution in [0.2, 0.25) is 0 Å². The minimum atomic E-state index is -4.80. The molecule has 0 aliphatic heterocycles. The largest absolute Gasteiger partial charge is 0.573 e. The molecule has 0 saturated heterocycles. The number of halogens is 3. The number of para-hydroxylation sites is 1. The van der Waals surface area contributed by atoms with Gasteiger partial charge in [-0.2, -0.15) is 20.5 Å². The van der Waals surface area contributed by atoms with Crippen molar-refractivity contribution >= 4 is 23.5 Å². The van der Waals surface area contributed by atoms with Crippen molar-refractivity contribution in [3.05, 3.63) is 83.2 Å². The summed E-state index contributed by atoms with van der Waals surface area (Å²) < 4.78 is 49.2. The topological polar surface area (TPSA) is 206 Å². The molecule has 0 radical (unpaired) electrons. The standard InChI is InChI=1S/C44H53F3N10O4/c1-41(2)20-31(12-16-35(41)58)54-38-29(23-49)25-52-40(57-38)53-26-43(5,59)30-10-14-33(15-11-30)60-36-17-13-32(21-42(36,3)4)55-37-28(22-48)24-51-39(56-37)50-19-18-27-8-6-7-9-34(27)61-44(45,46)47/h6-11,14-15,24-25,31-32,35-36,58-59H,12-13,16-21,26H2,1-5H3,(H2,50,51,55,56)(H2,52,53,54,57)/t31-,32-,35+,36+,43?/m1/s1. The number of anilines is 4. The summed E-state index contributed by atoms with van der Waals surface area (Å²) in [7, 11) is 0. The molecular weight excluding hydrogens is 790 g/mol. The van der Waals surface area contributed by atoms with E-state index in [4.69, 9.17) is 4.74 Å². The Morgan fingerprint density at radius 1 is 0.803 bits per heavy atom. The molecule has 6 N–H and O–H groups in total. The lowest BCUT2D eigenvalue weighted by Gasteiger charge is -2.42. The van der Waals surface area contributed by atoms with Crippen LogP contribution in [0.4, 0.5) is 36.7 Å². The molecule has 0 amide bonds. The maximum absolute atomic E-state index is 12.9. The molecule has 2 fully saturated rings. The van der Waals surface area contributed by atoms with Gasteiger partial charge in [0, 0.05) is 24.0 Å². The first kappa shape index (κ1) is 44.6.